The second kappa shape index (κ2) is 41.9. The van der Waals surface area contributed by atoms with Crippen molar-refractivity contribution >= 4 is 11.9 Å². The summed E-state index contributed by atoms with van der Waals surface area (Å²) in [4.78, 5) is 25.8. The van der Waals surface area contributed by atoms with Gasteiger partial charge < -0.3 is 64.2 Å². The van der Waals surface area contributed by atoms with Crippen molar-refractivity contribution in [3.63, 3.8) is 0 Å². The fourth-order valence-corrected chi connectivity index (χ4v) is 8.38. The highest BCUT2D eigenvalue weighted by atomic mass is 16.7. The van der Waals surface area contributed by atoms with Gasteiger partial charge in [0.25, 0.3) is 0 Å². The third kappa shape index (κ3) is 29.2. The smallest absolute Gasteiger partial charge is 0.306 e. The number of carbonyl (C=O) groups excluding carboxylic acids is 2. The van der Waals surface area contributed by atoms with Gasteiger partial charge in [-0.1, -0.05) is 178 Å². The van der Waals surface area contributed by atoms with Crippen molar-refractivity contribution in [2.75, 3.05) is 26.4 Å². The maximum Gasteiger partial charge on any atom is 0.306 e. The minimum Gasteiger partial charge on any atom is -0.462 e. The van der Waals surface area contributed by atoms with Crippen LogP contribution in [-0.2, 0) is 38.0 Å². The first-order valence-corrected chi connectivity index (χ1v) is 27.2. The van der Waals surface area contributed by atoms with Crippen LogP contribution in [0.2, 0.25) is 0 Å². The van der Waals surface area contributed by atoms with E-state index in [1.807, 2.05) is 0 Å². The van der Waals surface area contributed by atoms with Crippen LogP contribution in [0.1, 0.15) is 194 Å². The highest BCUT2D eigenvalue weighted by Gasteiger charge is 2.47. The van der Waals surface area contributed by atoms with Crippen LogP contribution in [0.15, 0.2) is 48.6 Å². The molecule has 11 atom stereocenters. The molecule has 70 heavy (non-hydrogen) atoms. The van der Waals surface area contributed by atoms with Gasteiger partial charge >= 0.3 is 11.9 Å². The van der Waals surface area contributed by atoms with E-state index in [0.29, 0.717) is 12.8 Å². The van der Waals surface area contributed by atoms with Crippen molar-refractivity contribution in [1.29, 1.82) is 0 Å². The van der Waals surface area contributed by atoms with Crippen LogP contribution in [0.5, 0.6) is 0 Å². The van der Waals surface area contributed by atoms with Crippen molar-refractivity contribution in [2.24, 2.45) is 0 Å². The Hall–Kier alpha value is -2.54. The van der Waals surface area contributed by atoms with Gasteiger partial charge in [0, 0.05) is 12.8 Å². The summed E-state index contributed by atoms with van der Waals surface area (Å²) in [6, 6.07) is 0. The number of aliphatic hydroxyl groups excluding tert-OH is 7. The van der Waals surface area contributed by atoms with E-state index in [-0.39, 0.29) is 19.4 Å². The fraction of sp³-hybridized carbons (Fsp3) is 0.818. The van der Waals surface area contributed by atoms with Gasteiger partial charge in [-0.05, 0) is 51.4 Å². The highest BCUT2D eigenvalue weighted by molar-refractivity contribution is 5.70. The van der Waals surface area contributed by atoms with Crippen molar-refractivity contribution in [3.05, 3.63) is 48.6 Å². The van der Waals surface area contributed by atoms with Gasteiger partial charge in [0.05, 0.1) is 19.8 Å². The third-order valence-corrected chi connectivity index (χ3v) is 12.8. The summed E-state index contributed by atoms with van der Waals surface area (Å²) in [7, 11) is 0. The number of allylic oxidation sites excluding steroid dienone is 8. The molecule has 2 aliphatic rings. The van der Waals surface area contributed by atoms with Crippen LogP contribution in [0, 0.1) is 0 Å². The molecule has 15 heteroatoms. The lowest BCUT2D eigenvalue weighted by Crippen LogP contribution is -2.61. The molecular formula is C55H96O15. The molecule has 2 fully saturated rings. The Bertz CT molecular complexity index is 1400. The van der Waals surface area contributed by atoms with Crippen molar-refractivity contribution in [1.82, 2.24) is 0 Å². The predicted octanol–water partition coefficient (Wildman–Crippen LogP) is 8.27. The zero-order chi connectivity index (χ0) is 51.0. The van der Waals surface area contributed by atoms with Gasteiger partial charge in [-0.15, -0.1) is 0 Å². The summed E-state index contributed by atoms with van der Waals surface area (Å²) in [5.41, 5.74) is 0. The van der Waals surface area contributed by atoms with Gasteiger partial charge in [-0.25, -0.2) is 0 Å². The molecule has 2 heterocycles. The number of hydrogen-bond donors (Lipinski definition) is 7. The lowest BCUT2D eigenvalue weighted by atomic mass is 9.98. The van der Waals surface area contributed by atoms with E-state index in [1.54, 1.807) is 0 Å². The maximum atomic E-state index is 13.0. The summed E-state index contributed by atoms with van der Waals surface area (Å²) in [6.07, 6.45) is 29.9. The number of rotatable bonds is 42. The molecule has 0 saturated carbocycles. The Balaban J connectivity index is 1.79. The molecule has 11 unspecified atom stereocenters. The van der Waals surface area contributed by atoms with Crippen molar-refractivity contribution in [3.8, 4) is 0 Å². The van der Waals surface area contributed by atoms with Gasteiger partial charge in [0.15, 0.2) is 18.7 Å². The number of carbonyl (C=O) groups is 2. The zero-order valence-corrected chi connectivity index (χ0v) is 43.0. The summed E-state index contributed by atoms with van der Waals surface area (Å²) >= 11 is 0. The van der Waals surface area contributed by atoms with E-state index in [4.69, 9.17) is 28.4 Å². The van der Waals surface area contributed by atoms with E-state index in [0.717, 1.165) is 70.6 Å². The molecular weight excluding hydrogens is 901 g/mol. The van der Waals surface area contributed by atoms with Gasteiger partial charge in [-0.2, -0.15) is 0 Å². The standard InChI is InChI=1S/C55H96O15/c1-3-5-7-9-11-13-15-17-19-21-23-25-27-29-31-33-35-37-46(57)65-40-43(68-47(58)38-36-34-32-30-28-26-24-22-20-18-16-14-12-10-8-6-4-2)41-66-54-53(64)51(62)49(60)45(70-54)42-67-55-52(63)50(61)48(59)44(39-56)69-55/h6,8,12,14,18,20,24,26,43-45,48-56,59-64H,3-5,7,9-11,13,15-17,19,21-23,25,27-42H2,1-2H3/b8-6-,14-12-,20-18-,26-24-. The minimum atomic E-state index is -1.77. The van der Waals surface area contributed by atoms with E-state index < -0.39 is 99.3 Å². The van der Waals surface area contributed by atoms with E-state index in [2.05, 4.69) is 62.5 Å². The summed E-state index contributed by atoms with van der Waals surface area (Å²) in [5.74, 6) is -0.948. The Kier molecular flexibility index (Phi) is 38.0. The lowest BCUT2D eigenvalue weighted by molar-refractivity contribution is -0.332. The largest absolute Gasteiger partial charge is 0.462 e. The predicted molar refractivity (Wildman–Crippen MR) is 270 cm³/mol. The van der Waals surface area contributed by atoms with Gasteiger partial charge in [-0.3, -0.25) is 9.59 Å². The Morgan fingerprint density at radius 1 is 0.471 bits per heavy atom. The fourth-order valence-electron chi connectivity index (χ4n) is 8.38. The highest BCUT2D eigenvalue weighted by Crippen LogP contribution is 2.26. The van der Waals surface area contributed by atoms with Gasteiger partial charge in [0.1, 0.15) is 55.4 Å². The average molecular weight is 997 g/mol. The Morgan fingerprint density at radius 3 is 1.41 bits per heavy atom. The Labute approximate surface area is 420 Å². The number of hydrogen-bond acceptors (Lipinski definition) is 15. The first-order chi connectivity index (χ1) is 34.0. The number of ether oxygens (including phenoxy) is 6. The molecule has 0 aromatic rings. The number of unbranched alkanes of at least 4 members (excludes halogenated alkanes) is 20. The summed E-state index contributed by atoms with van der Waals surface area (Å²) in [6.45, 7) is 2.47. The molecule has 2 rings (SSSR count). The molecule has 0 aromatic heterocycles. The van der Waals surface area contributed by atoms with E-state index >= 15 is 0 Å². The quantitative estimate of drug-likeness (QED) is 0.0173. The first kappa shape index (κ1) is 63.6. The normalized spacial score (nSPS) is 25.7. The molecule has 406 valence electrons. The van der Waals surface area contributed by atoms with Crippen molar-refractivity contribution in [2.45, 2.75) is 261 Å². The molecule has 0 radical (unpaired) electrons. The topological polar surface area (TPSA) is 231 Å². The Morgan fingerprint density at radius 2 is 0.900 bits per heavy atom. The molecule has 0 aliphatic carbocycles. The second-order valence-electron chi connectivity index (χ2n) is 19.0. The summed E-state index contributed by atoms with van der Waals surface area (Å²) < 4.78 is 33.6. The zero-order valence-electron chi connectivity index (χ0n) is 43.0. The van der Waals surface area contributed by atoms with Crippen LogP contribution in [0.3, 0.4) is 0 Å². The average Bonchev–Trinajstić information content (AvgIpc) is 3.35. The maximum absolute atomic E-state index is 13.0. The molecule has 7 N–H and O–H groups in total. The van der Waals surface area contributed by atoms with E-state index in [1.165, 1.54) is 83.5 Å². The molecule has 0 spiro atoms. The van der Waals surface area contributed by atoms with Crippen LogP contribution in [-0.4, -0.2) is 142 Å². The van der Waals surface area contributed by atoms with Crippen LogP contribution >= 0.6 is 0 Å². The first-order valence-electron chi connectivity index (χ1n) is 27.2. The van der Waals surface area contributed by atoms with Crippen LogP contribution in [0.4, 0.5) is 0 Å². The van der Waals surface area contributed by atoms with Gasteiger partial charge in [0.2, 0.25) is 0 Å². The molecule has 15 nitrogen and oxygen atoms in total. The lowest BCUT2D eigenvalue weighted by Gasteiger charge is -2.42. The second-order valence-corrected chi connectivity index (χ2v) is 19.0. The van der Waals surface area contributed by atoms with Crippen LogP contribution in [0.25, 0.3) is 0 Å². The van der Waals surface area contributed by atoms with Crippen molar-refractivity contribution < 1.29 is 73.8 Å². The molecule has 0 bridgehead atoms. The van der Waals surface area contributed by atoms with E-state index in [9.17, 15) is 45.3 Å². The molecule has 2 saturated heterocycles. The number of aliphatic hydroxyl groups is 7. The molecule has 2 aliphatic heterocycles. The summed E-state index contributed by atoms with van der Waals surface area (Å²) in [5, 5.41) is 72.2. The number of esters is 2. The molecule has 0 amide bonds. The van der Waals surface area contributed by atoms with Crippen LogP contribution < -0.4 is 0 Å². The molecule has 0 aromatic carbocycles. The minimum absolute atomic E-state index is 0.137. The SMILES string of the molecule is CC/C=C\C/C=C\C/C=C\C/C=C\CCCCCCC(=O)OC(COC(=O)CCCCCCCCCCCCCCCCCCC)COC1OC(COC2OC(CO)C(O)C(O)C2O)C(O)C(O)C1O. The third-order valence-electron chi connectivity index (χ3n) is 12.8. The monoisotopic (exact) mass is 997 g/mol.